The van der Waals surface area contributed by atoms with Crippen LogP contribution in [0.2, 0.25) is 0 Å². The molecule has 1 aliphatic heterocycles. The van der Waals surface area contributed by atoms with E-state index in [0.29, 0.717) is 18.4 Å². The average molecular weight is 264 g/mol. The van der Waals surface area contributed by atoms with Crippen molar-refractivity contribution in [2.24, 2.45) is 5.73 Å². The third kappa shape index (κ3) is 2.61. The van der Waals surface area contributed by atoms with Gasteiger partial charge in [0.2, 0.25) is 0 Å². The van der Waals surface area contributed by atoms with Crippen LogP contribution in [0, 0.1) is 0 Å². The minimum Gasteiger partial charge on any atom is -0.399 e. The van der Waals surface area contributed by atoms with Gasteiger partial charge in [0.1, 0.15) is 0 Å². The van der Waals surface area contributed by atoms with E-state index in [2.05, 4.69) is 4.98 Å². The quantitative estimate of drug-likeness (QED) is 0.763. The maximum Gasteiger partial charge on any atom is 0.500 e. The Labute approximate surface area is 113 Å². The predicted molar refractivity (Wildman–Crippen MR) is 75.5 cm³/mol. The second-order valence-corrected chi connectivity index (χ2v) is 5.90. The van der Waals surface area contributed by atoms with Crippen LogP contribution < -0.4 is 16.6 Å². The van der Waals surface area contributed by atoms with Crippen LogP contribution in [0.5, 0.6) is 0 Å². The van der Waals surface area contributed by atoms with Crippen molar-refractivity contribution in [2.45, 2.75) is 45.3 Å². The molecule has 6 heteroatoms. The fraction of sp³-hybridized carbons (Fsp3) is 0.615. The number of nitrogens with one attached hydrogen (secondary N) is 1. The Kier molecular flexibility index (Phi) is 3.60. The molecule has 0 atom stereocenters. The predicted octanol–water partition coefficient (Wildman–Crippen LogP) is 0.175. The molecule has 1 aromatic rings. The fourth-order valence-electron chi connectivity index (χ4n) is 1.98. The topological polar surface area (TPSA) is 77.3 Å². The van der Waals surface area contributed by atoms with Gasteiger partial charge in [0.25, 0.3) is 0 Å². The summed E-state index contributed by atoms with van der Waals surface area (Å²) in [6.45, 7) is 8.35. The van der Waals surface area contributed by atoms with Crippen molar-refractivity contribution in [1.29, 1.82) is 0 Å². The van der Waals surface area contributed by atoms with E-state index in [1.807, 2.05) is 27.7 Å². The first-order valence-electron chi connectivity index (χ1n) is 6.54. The number of H-pyrrole nitrogens is 1. The Hall–Kier alpha value is -1.11. The Bertz CT molecular complexity index is 509. The molecule has 104 valence electrons. The van der Waals surface area contributed by atoms with Gasteiger partial charge in [-0.2, -0.15) is 0 Å². The molecule has 0 radical (unpaired) electrons. The number of aromatic amines is 1. The molecule has 0 saturated carbocycles. The molecule has 1 fully saturated rings. The smallest absolute Gasteiger partial charge is 0.399 e. The SMILES string of the molecule is CC1(C)OB(c2c[nH]c(CCN)cc2=O)OC1(C)C. The number of pyridine rings is 1. The van der Waals surface area contributed by atoms with Gasteiger partial charge in [0, 0.05) is 23.4 Å². The van der Waals surface area contributed by atoms with Crippen LogP contribution >= 0.6 is 0 Å². The van der Waals surface area contributed by atoms with Crippen molar-refractivity contribution >= 4 is 12.6 Å². The number of hydrogen-bond donors (Lipinski definition) is 2. The van der Waals surface area contributed by atoms with E-state index < -0.39 is 18.3 Å². The molecule has 2 heterocycles. The van der Waals surface area contributed by atoms with Crippen LogP contribution in [-0.4, -0.2) is 29.8 Å². The first kappa shape index (κ1) is 14.3. The molecule has 1 saturated heterocycles. The molecular formula is C13H21BN2O3. The van der Waals surface area contributed by atoms with Gasteiger partial charge in [0.15, 0.2) is 5.43 Å². The Morgan fingerprint density at radius 3 is 2.32 bits per heavy atom. The lowest BCUT2D eigenvalue weighted by molar-refractivity contribution is 0.00578. The molecule has 3 N–H and O–H groups in total. The summed E-state index contributed by atoms with van der Waals surface area (Å²) in [6, 6.07) is 1.56. The first-order valence-corrected chi connectivity index (χ1v) is 6.54. The van der Waals surface area contributed by atoms with E-state index in [1.165, 1.54) is 0 Å². The number of aromatic nitrogens is 1. The third-order valence-corrected chi connectivity index (χ3v) is 3.92. The molecule has 0 aromatic carbocycles. The number of hydrogen-bond acceptors (Lipinski definition) is 4. The Balaban J connectivity index is 2.28. The summed E-state index contributed by atoms with van der Waals surface area (Å²) in [7, 11) is -0.624. The van der Waals surface area contributed by atoms with Gasteiger partial charge in [-0.05, 0) is 40.7 Å². The normalized spacial score (nSPS) is 20.8. The van der Waals surface area contributed by atoms with Crippen molar-refractivity contribution < 1.29 is 9.31 Å². The Morgan fingerprint density at radius 1 is 1.26 bits per heavy atom. The largest absolute Gasteiger partial charge is 0.500 e. The fourth-order valence-corrected chi connectivity index (χ4v) is 1.98. The third-order valence-electron chi connectivity index (χ3n) is 3.92. The minimum atomic E-state index is -0.624. The van der Waals surface area contributed by atoms with Crippen molar-refractivity contribution in [3.05, 3.63) is 28.2 Å². The van der Waals surface area contributed by atoms with Crippen molar-refractivity contribution in [3.63, 3.8) is 0 Å². The van der Waals surface area contributed by atoms with Gasteiger partial charge >= 0.3 is 7.12 Å². The van der Waals surface area contributed by atoms with Gasteiger partial charge in [-0.1, -0.05) is 0 Å². The lowest BCUT2D eigenvalue weighted by atomic mass is 9.80. The molecular weight excluding hydrogens is 243 g/mol. The van der Waals surface area contributed by atoms with Crippen molar-refractivity contribution in [2.75, 3.05) is 6.54 Å². The van der Waals surface area contributed by atoms with Crippen LogP contribution in [0.4, 0.5) is 0 Å². The highest BCUT2D eigenvalue weighted by molar-refractivity contribution is 6.61. The lowest BCUT2D eigenvalue weighted by Gasteiger charge is -2.32. The molecule has 0 aliphatic carbocycles. The second kappa shape index (κ2) is 4.78. The van der Waals surface area contributed by atoms with Gasteiger partial charge in [-0.25, -0.2) is 0 Å². The molecule has 1 aromatic heterocycles. The highest BCUT2D eigenvalue weighted by atomic mass is 16.7. The molecule has 2 rings (SSSR count). The van der Waals surface area contributed by atoms with Gasteiger partial charge in [-0.15, -0.1) is 0 Å². The van der Waals surface area contributed by atoms with E-state index in [4.69, 9.17) is 15.0 Å². The number of nitrogens with two attached hydrogens (primary N) is 1. The molecule has 19 heavy (non-hydrogen) atoms. The summed E-state index contributed by atoms with van der Waals surface area (Å²) in [5, 5.41) is 0. The molecule has 0 bridgehead atoms. The molecule has 5 nitrogen and oxygen atoms in total. The van der Waals surface area contributed by atoms with Crippen LogP contribution in [0.3, 0.4) is 0 Å². The van der Waals surface area contributed by atoms with E-state index >= 15 is 0 Å². The van der Waals surface area contributed by atoms with Crippen molar-refractivity contribution in [1.82, 2.24) is 4.98 Å². The monoisotopic (exact) mass is 264 g/mol. The lowest BCUT2D eigenvalue weighted by Crippen LogP contribution is -2.44. The van der Waals surface area contributed by atoms with E-state index in [1.54, 1.807) is 12.3 Å². The standard InChI is InChI=1S/C13H21BN2O3/c1-12(2)13(3,4)19-14(18-12)10-8-16-9(5-6-15)7-11(10)17/h7-8H,5-6,15H2,1-4H3,(H,16,17). The summed E-state index contributed by atoms with van der Waals surface area (Å²) in [6.07, 6.45) is 2.31. The van der Waals surface area contributed by atoms with Gasteiger partial charge in [0.05, 0.1) is 11.2 Å². The van der Waals surface area contributed by atoms with Crippen LogP contribution in [-0.2, 0) is 15.7 Å². The summed E-state index contributed by atoms with van der Waals surface area (Å²) < 4.78 is 11.7. The average Bonchev–Trinajstić information content (AvgIpc) is 2.48. The van der Waals surface area contributed by atoms with Crippen molar-refractivity contribution in [3.8, 4) is 0 Å². The highest BCUT2D eigenvalue weighted by Gasteiger charge is 2.52. The summed E-state index contributed by atoms with van der Waals surface area (Å²) >= 11 is 0. The van der Waals surface area contributed by atoms with E-state index in [9.17, 15) is 4.79 Å². The second-order valence-electron chi connectivity index (χ2n) is 5.90. The van der Waals surface area contributed by atoms with E-state index in [-0.39, 0.29) is 5.43 Å². The zero-order chi connectivity index (χ0) is 14.3. The summed E-state index contributed by atoms with van der Waals surface area (Å²) in [4.78, 5) is 15.2. The van der Waals surface area contributed by atoms with E-state index in [0.717, 1.165) is 5.69 Å². The first-order chi connectivity index (χ1) is 8.77. The molecule has 1 aliphatic rings. The zero-order valence-electron chi connectivity index (χ0n) is 11.9. The maximum atomic E-state index is 12.1. The summed E-state index contributed by atoms with van der Waals surface area (Å²) in [5.41, 5.74) is 5.83. The summed E-state index contributed by atoms with van der Waals surface area (Å²) in [5.74, 6) is 0. The van der Waals surface area contributed by atoms with Gasteiger partial charge < -0.3 is 20.0 Å². The Morgan fingerprint density at radius 2 is 1.84 bits per heavy atom. The molecule has 0 spiro atoms. The van der Waals surface area contributed by atoms with Crippen LogP contribution in [0.1, 0.15) is 33.4 Å². The van der Waals surface area contributed by atoms with Gasteiger partial charge in [-0.3, -0.25) is 4.79 Å². The molecule has 0 unspecified atom stereocenters. The minimum absolute atomic E-state index is 0.0827. The zero-order valence-corrected chi connectivity index (χ0v) is 11.9. The van der Waals surface area contributed by atoms with Crippen LogP contribution in [0.25, 0.3) is 0 Å². The molecule has 0 amide bonds. The highest BCUT2D eigenvalue weighted by Crippen LogP contribution is 2.36. The number of rotatable bonds is 3. The van der Waals surface area contributed by atoms with Crippen LogP contribution in [0.15, 0.2) is 17.1 Å². The maximum absolute atomic E-state index is 12.1.